The van der Waals surface area contributed by atoms with Gasteiger partial charge >= 0.3 is 23.9 Å². The van der Waals surface area contributed by atoms with E-state index in [1.165, 1.54) is 27.7 Å². The lowest BCUT2D eigenvalue weighted by Gasteiger charge is -2.34. The molecule has 0 unspecified atom stereocenters. The number of aliphatic hydroxyl groups is 2. The third-order valence-corrected chi connectivity index (χ3v) is 16.1. The van der Waals surface area contributed by atoms with Crippen LogP contribution in [0.1, 0.15) is 102 Å². The van der Waals surface area contributed by atoms with Crippen molar-refractivity contribution < 1.29 is 71.5 Å². The maximum atomic E-state index is 12.2. The molecule has 0 aromatic heterocycles. The van der Waals surface area contributed by atoms with Crippen LogP contribution in [0.3, 0.4) is 0 Å². The van der Waals surface area contributed by atoms with E-state index in [9.17, 15) is 39.0 Å². The minimum absolute atomic E-state index is 0. The molecule has 0 saturated heterocycles. The molecule has 344 valence electrons. The zero-order valence-corrected chi connectivity index (χ0v) is 37.7. The molecule has 17 heteroatoms. The lowest BCUT2D eigenvalue weighted by Crippen LogP contribution is -2.44. The largest absolute Gasteiger partial charge is 0.490 e. The zero-order chi connectivity index (χ0) is 44.3. The van der Waals surface area contributed by atoms with Gasteiger partial charge in [0, 0.05) is 11.1 Å². The zero-order valence-electron chi connectivity index (χ0n) is 35.7. The molecule has 0 aliphatic carbocycles. The number of benzene rings is 2. The second-order valence-electron chi connectivity index (χ2n) is 16.2. The molecule has 0 radical (unpaired) electrons. The molecular weight excluding hydrogens is 825 g/mol. The molecule has 0 aliphatic heterocycles. The third-order valence-electron chi connectivity index (χ3n) is 8.57. The molecule has 0 spiro atoms. The van der Waals surface area contributed by atoms with Crippen molar-refractivity contribution >= 4 is 52.1 Å². The van der Waals surface area contributed by atoms with E-state index < -0.39 is 63.3 Å². The fraction of sp³-hybridized carbons (Fsp3) is 0.591. The fourth-order valence-corrected chi connectivity index (χ4v) is 14.4. The highest BCUT2D eigenvalue weighted by atomic mass is 28.4. The second kappa shape index (κ2) is 26.8. The van der Waals surface area contributed by atoms with Crippen molar-refractivity contribution in [3.05, 3.63) is 59.7 Å². The van der Waals surface area contributed by atoms with E-state index >= 15 is 0 Å². The van der Waals surface area contributed by atoms with Crippen LogP contribution in [-0.4, -0.2) is 113 Å². The Labute approximate surface area is 364 Å². The van der Waals surface area contributed by atoms with Crippen LogP contribution in [0.15, 0.2) is 48.5 Å². The standard InChI is InChI=1S/C42H62O15Si2.2CH4/c1-41(2,49)39(47)31-11-15-33(16-12-31)51-25-27-55-37(45)21-19-35(43)53-23-9-29-58(5,6)57-59(7,8)30-10-24-54-36(44)20-22-38(46)56-28-26-52-34-17-13-32(14-18-34)40(48)42(3,4)50;;/h11-18,49-50H,9-10,19-30H2,1-8H3;2*1H4. The van der Waals surface area contributed by atoms with E-state index in [0.29, 0.717) is 35.5 Å². The van der Waals surface area contributed by atoms with Gasteiger partial charge in [0.15, 0.2) is 28.2 Å². The Morgan fingerprint density at radius 1 is 0.475 bits per heavy atom. The van der Waals surface area contributed by atoms with E-state index in [4.69, 9.17) is 32.5 Å². The van der Waals surface area contributed by atoms with E-state index in [1.807, 2.05) is 0 Å². The highest BCUT2D eigenvalue weighted by molar-refractivity contribution is 6.84. The molecule has 61 heavy (non-hydrogen) atoms. The molecular formula is C44H70O15Si2. The Kier molecular flexibility index (Phi) is 24.9. The molecule has 15 nitrogen and oxygen atoms in total. The third kappa shape index (κ3) is 24.0. The van der Waals surface area contributed by atoms with Gasteiger partial charge in [0.1, 0.15) is 49.1 Å². The van der Waals surface area contributed by atoms with Crippen LogP contribution < -0.4 is 9.47 Å². The fourth-order valence-electron chi connectivity index (χ4n) is 5.66. The number of carbonyl (C=O) groups is 6. The normalized spacial score (nSPS) is 11.6. The minimum atomic E-state index is -2.09. The smallest absolute Gasteiger partial charge is 0.306 e. The van der Waals surface area contributed by atoms with Gasteiger partial charge in [-0.25, -0.2) is 0 Å². The maximum absolute atomic E-state index is 12.2. The van der Waals surface area contributed by atoms with Crippen molar-refractivity contribution in [2.24, 2.45) is 0 Å². The summed E-state index contributed by atoms with van der Waals surface area (Å²) < 4.78 is 38.5. The molecule has 2 N–H and O–H groups in total. The van der Waals surface area contributed by atoms with E-state index in [2.05, 4.69) is 26.2 Å². The van der Waals surface area contributed by atoms with Crippen molar-refractivity contribution in [2.75, 3.05) is 39.6 Å². The van der Waals surface area contributed by atoms with Crippen molar-refractivity contribution in [2.45, 2.75) is 131 Å². The molecule has 0 heterocycles. The Morgan fingerprint density at radius 2 is 0.754 bits per heavy atom. The highest BCUT2D eigenvalue weighted by Gasteiger charge is 2.32. The Hall–Kier alpha value is -4.43. The summed E-state index contributed by atoms with van der Waals surface area (Å²) >= 11 is 0. The monoisotopic (exact) mass is 894 g/mol. The van der Waals surface area contributed by atoms with E-state index in [1.54, 1.807) is 48.5 Å². The predicted molar refractivity (Wildman–Crippen MR) is 236 cm³/mol. The minimum Gasteiger partial charge on any atom is -0.490 e. The number of ether oxygens (including phenoxy) is 6. The Morgan fingerprint density at radius 3 is 1.03 bits per heavy atom. The summed E-state index contributed by atoms with van der Waals surface area (Å²) in [6.45, 7) is 14.7. The summed E-state index contributed by atoms with van der Waals surface area (Å²) in [6, 6.07) is 14.1. The molecule has 0 fully saturated rings. The summed E-state index contributed by atoms with van der Waals surface area (Å²) in [4.78, 5) is 72.7. The van der Waals surface area contributed by atoms with Gasteiger partial charge in [-0.05, 0) is 127 Å². The van der Waals surface area contributed by atoms with Gasteiger partial charge in [0.2, 0.25) is 0 Å². The summed E-state index contributed by atoms with van der Waals surface area (Å²) in [5, 5.41) is 19.7. The Bertz CT molecular complexity index is 1550. The predicted octanol–water partition coefficient (Wildman–Crippen LogP) is 7.26. The van der Waals surface area contributed by atoms with Gasteiger partial charge < -0.3 is 42.7 Å². The van der Waals surface area contributed by atoms with Gasteiger partial charge in [-0.2, -0.15) is 0 Å². The summed E-state index contributed by atoms with van der Waals surface area (Å²) in [5.41, 5.74) is -2.25. The second-order valence-corrected chi connectivity index (χ2v) is 25.1. The van der Waals surface area contributed by atoms with Crippen molar-refractivity contribution in [3.63, 3.8) is 0 Å². The average molecular weight is 895 g/mol. The molecule has 2 rings (SSSR count). The highest BCUT2D eigenvalue weighted by Crippen LogP contribution is 2.24. The number of carbonyl (C=O) groups excluding carboxylic acids is 6. The molecule has 0 atom stereocenters. The maximum Gasteiger partial charge on any atom is 0.306 e. The van der Waals surface area contributed by atoms with Gasteiger partial charge in [-0.1, -0.05) is 14.9 Å². The number of esters is 4. The number of ketones is 2. The first-order chi connectivity index (χ1) is 27.5. The quantitative estimate of drug-likeness (QED) is 0.0283. The number of hydrogen-bond acceptors (Lipinski definition) is 15. The Balaban J connectivity index is 0.0000180. The van der Waals surface area contributed by atoms with Crippen LogP contribution in [0.5, 0.6) is 11.5 Å². The van der Waals surface area contributed by atoms with Gasteiger partial charge in [-0.15, -0.1) is 0 Å². The first-order valence-electron chi connectivity index (χ1n) is 19.8. The first kappa shape index (κ1) is 56.6. The first-order valence-corrected chi connectivity index (χ1v) is 26.0. The van der Waals surface area contributed by atoms with Crippen LogP contribution >= 0.6 is 0 Å². The van der Waals surface area contributed by atoms with Crippen molar-refractivity contribution in [3.8, 4) is 11.5 Å². The van der Waals surface area contributed by atoms with Crippen molar-refractivity contribution in [1.29, 1.82) is 0 Å². The summed E-state index contributed by atoms with van der Waals surface area (Å²) in [6.07, 6.45) is 0.797. The van der Waals surface area contributed by atoms with Gasteiger partial charge in [0.05, 0.1) is 38.9 Å². The molecule has 0 amide bonds. The molecule has 0 aliphatic rings. The number of rotatable bonds is 28. The molecule has 0 saturated carbocycles. The number of hydrogen-bond donors (Lipinski definition) is 2. The van der Waals surface area contributed by atoms with Gasteiger partial charge in [-0.3, -0.25) is 28.8 Å². The van der Waals surface area contributed by atoms with E-state index in [0.717, 1.165) is 12.1 Å². The van der Waals surface area contributed by atoms with Crippen molar-refractivity contribution in [1.82, 2.24) is 0 Å². The molecule has 2 aromatic rings. The van der Waals surface area contributed by atoms with E-state index in [-0.39, 0.29) is 80.2 Å². The molecule has 0 bridgehead atoms. The van der Waals surface area contributed by atoms with Crippen LogP contribution in [-0.2, 0) is 42.2 Å². The SMILES string of the molecule is C.C.CC(C)(O)C(=O)c1ccc(OCCOC(=O)CCC(=O)OCCC[Si](C)(C)O[Si](C)(C)CCCOC(=O)CCC(=O)OCCOc2ccc(C(=O)C(C)(C)O)cc2)cc1. The summed E-state index contributed by atoms with van der Waals surface area (Å²) in [7, 11) is -4.18. The van der Waals surface area contributed by atoms with Gasteiger partial charge in [0.25, 0.3) is 0 Å². The lowest BCUT2D eigenvalue weighted by atomic mass is 9.97. The van der Waals surface area contributed by atoms with Crippen LogP contribution in [0.2, 0.25) is 38.3 Å². The van der Waals surface area contributed by atoms with Crippen LogP contribution in [0, 0.1) is 0 Å². The summed E-state index contributed by atoms with van der Waals surface area (Å²) in [5.74, 6) is -1.96. The topological polar surface area (TPSA) is 207 Å². The van der Waals surface area contributed by atoms with Crippen LogP contribution in [0.25, 0.3) is 0 Å². The average Bonchev–Trinajstić information content (AvgIpc) is 3.15. The molecule has 2 aromatic carbocycles. The lowest BCUT2D eigenvalue weighted by molar-refractivity contribution is -0.150. The number of Topliss-reactive ketones (excluding diaryl/α,β-unsaturated/α-hetero) is 2. The van der Waals surface area contributed by atoms with Crippen LogP contribution in [0.4, 0.5) is 0 Å².